The first-order chi connectivity index (χ1) is 11.7. The van der Waals surface area contributed by atoms with E-state index in [0.29, 0.717) is 5.75 Å². The van der Waals surface area contributed by atoms with Crippen LogP contribution < -0.4 is 5.32 Å². The Morgan fingerprint density at radius 2 is 2.38 bits per heavy atom. The van der Waals surface area contributed by atoms with Crippen molar-refractivity contribution in [2.45, 2.75) is 25.6 Å². The van der Waals surface area contributed by atoms with Crippen molar-refractivity contribution in [2.24, 2.45) is 0 Å². The Morgan fingerprint density at radius 3 is 3.08 bits per heavy atom. The molecule has 2 aromatic rings. The number of pyridine rings is 1. The maximum Gasteiger partial charge on any atom is 0.233 e. The van der Waals surface area contributed by atoms with Crippen LogP contribution in [-0.2, 0) is 10.5 Å². The van der Waals surface area contributed by atoms with Crippen LogP contribution in [0.1, 0.15) is 28.6 Å². The number of hydrogen-bond donors (Lipinski definition) is 1. The zero-order chi connectivity index (χ0) is 16.9. The summed E-state index contributed by atoms with van der Waals surface area (Å²) in [6.07, 6.45) is 3.60. The molecule has 0 aromatic carbocycles. The van der Waals surface area contributed by atoms with E-state index in [4.69, 9.17) is 4.52 Å². The predicted molar refractivity (Wildman–Crippen MR) is 93.7 cm³/mol. The van der Waals surface area contributed by atoms with Gasteiger partial charge in [0.15, 0.2) is 0 Å². The summed E-state index contributed by atoms with van der Waals surface area (Å²) in [5, 5.41) is 7.32. The van der Waals surface area contributed by atoms with Crippen molar-refractivity contribution in [1.82, 2.24) is 20.4 Å². The Balaban J connectivity index is 1.60. The fourth-order valence-electron chi connectivity index (χ4n) is 2.90. The van der Waals surface area contributed by atoms with Gasteiger partial charge in [-0.15, -0.1) is 11.8 Å². The summed E-state index contributed by atoms with van der Waals surface area (Å²) in [5.41, 5.74) is 3.08. The zero-order valence-electron chi connectivity index (χ0n) is 14.0. The van der Waals surface area contributed by atoms with Gasteiger partial charge >= 0.3 is 0 Å². The average Bonchev–Trinajstić information content (AvgIpc) is 2.94. The molecule has 1 saturated heterocycles. The highest BCUT2D eigenvalue weighted by molar-refractivity contribution is 7.99. The van der Waals surface area contributed by atoms with E-state index < -0.39 is 0 Å². The van der Waals surface area contributed by atoms with E-state index in [1.165, 1.54) is 0 Å². The minimum Gasteiger partial charge on any atom is -0.361 e. The fourth-order valence-corrected chi connectivity index (χ4v) is 3.96. The molecule has 7 heteroatoms. The molecule has 3 heterocycles. The summed E-state index contributed by atoms with van der Waals surface area (Å²) >= 11 is 1.61. The highest BCUT2D eigenvalue weighted by Crippen LogP contribution is 2.24. The molecule has 0 bridgehead atoms. The molecule has 0 radical (unpaired) electrons. The monoisotopic (exact) mass is 346 g/mol. The summed E-state index contributed by atoms with van der Waals surface area (Å²) in [5.74, 6) is 2.21. The van der Waals surface area contributed by atoms with Gasteiger partial charge in [-0.25, -0.2) is 0 Å². The number of nitrogens with zero attached hydrogens (tertiary/aromatic N) is 3. The standard InChI is InChI=1S/C17H22N4O2S/c1-12-15(13(2)23-20-12)10-24-11-17(22)21-7-6-19-9-16(21)14-4-3-5-18-8-14/h3-5,8,16,19H,6-7,9-11H2,1-2H3. The van der Waals surface area contributed by atoms with Crippen molar-refractivity contribution in [1.29, 1.82) is 0 Å². The van der Waals surface area contributed by atoms with E-state index in [2.05, 4.69) is 15.5 Å². The maximum atomic E-state index is 12.7. The van der Waals surface area contributed by atoms with Crippen molar-refractivity contribution in [3.8, 4) is 0 Å². The van der Waals surface area contributed by atoms with Crippen LogP contribution in [0.25, 0.3) is 0 Å². The Labute approximate surface area is 146 Å². The van der Waals surface area contributed by atoms with Gasteiger partial charge in [0.1, 0.15) is 5.76 Å². The van der Waals surface area contributed by atoms with Crippen LogP contribution in [0, 0.1) is 13.8 Å². The molecular formula is C17H22N4O2S. The largest absolute Gasteiger partial charge is 0.361 e. The van der Waals surface area contributed by atoms with E-state index in [1.54, 1.807) is 18.0 Å². The number of aryl methyl sites for hydroxylation is 2. The molecule has 1 unspecified atom stereocenters. The van der Waals surface area contributed by atoms with Crippen molar-refractivity contribution in [3.63, 3.8) is 0 Å². The number of nitrogens with one attached hydrogen (secondary N) is 1. The van der Waals surface area contributed by atoms with Crippen LogP contribution in [-0.4, -0.2) is 46.3 Å². The third kappa shape index (κ3) is 3.79. The lowest BCUT2D eigenvalue weighted by atomic mass is 10.1. The second-order valence-corrected chi connectivity index (χ2v) is 6.87. The lowest BCUT2D eigenvalue weighted by molar-refractivity contribution is -0.131. The number of aromatic nitrogens is 2. The molecule has 0 saturated carbocycles. The molecule has 3 rings (SSSR count). The lowest BCUT2D eigenvalue weighted by Crippen LogP contribution is -2.49. The third-order valence-electron chi connectivity index (χ3n) is 4.29. The first-order valence-electron chi connectivity index (χ1n) is 8.06. The lowest BCUT2D eigenvalue weighted by Gasteiger charge is -2.36. The average molecular weight is 346 g/mol. The van der Waals surface area contributed by atoms with E-state index in [1.807, 2.05) is 37.1 Å². The first-order valence-corrected chi connectivity index (χ1v) is 9.22. The molecule has 1 N–H and O–H groups in total. The molecule has 1 fully saturated rings. The molecule has 1 aliphatic heterocycles. The van der Waals surface area contributed by atoms with Gasteiger partial charge in [0.25, 0.3) is 0 Å². The molecule has 0 aliphatic carbocycles. The topological polar surface area (TPSA) is 71.3 Å². The van der Waals surface area contributed by atoms with E-state index in [9.17, 15) is 4.79 Å². The molecule has 6 nitrogen and oxygen atoms in total. The predicted octanol–water partition coefficient (Wildman–Crippen LogP) is 2.09. The molecule has 1 amide bonds. The second-order valence-electron chi connectivity index (χ2n) is 5.89. The zero-order valence-corrected chi connectivity index (χ0v) is 14.8. The number of carbonyl (C=O) groups excluding carboxylic acids is 1. The maximum absolute atomic E-state index is 12.7. The van der Waals surface area contributed by atoms with Crippen molar-refractivity contribution in [2.75, 3.05) is 25.4 Å². The molecule has 128 valence electrons. The Morgan fingerprint density at radius 1 is 1.50 bits per heavy atom. The number of amides is 1. The van der Waals surface area contributed by atoms with Crippen LogP contribution in [0.3, 0.4) is 0 Å². The molecule has 1 atom stereocenters. The van der Waals surface area contributed by atoms with Gasteiger partial charge in [-0.2, -0.15) is 0 Å². The number of thioether (sulfide) groups is 1. The van der Waals surface area contributed by atoms with Crippen molar-refractivity contribution >= 4 is 17.7 Å². The quantitative estimate of drug-likeness (QED) is 0.894. The minimum absolute atomic E-state index is 0.0552. The van der Waals surface area contributed by atoms with Crippen LogP contribution in [0.4, 0.5) is 0 Å². The van der Waals surface area contributed by atoms with Crippen molar-refractivity contribution < 1.29 is 9.32 Å². The summed E-state index contributed by atoms with van der Waals surface area (Å²) in [7, 11) is 0. The Kier molecular flexibility index (Phi) is 5.52. The van der Waals surface area contributed by atoms with Crippen LogP contribution in [0.15, 0.2) is 29.0 Å². The number of rotatable bonds is 5. The number of piperazine rings is 1. The summed E-state index contributed by atoms with van der Waals surface area (Å²) < 4.78 is 5.17. The smallest absolute Gasteiger partial charge is 0.233 e. The molecular weight excluding hydrogens is 324 g/mol. The first kappa shape index (κ1) is 17.0. The molecule has 2 aromatic heterocycles. The molecule has 0 spiro atoms. The van der Waals surface area contributed by atoms with Gasteiger partial charge in [-0.3, -0.25) is 9.78 Å². The second kappa shape index (κ2) is 7.81. The van der Waals surface area contributed by atoms with Crippen LogP contribution >= 0.6 is 11.8 Å². The van der Waals surface area contributed by atoms with Crippen LogP contribution in [0.2, 0.25) is 0 Å². The van der Waals surface area contributed by atoms with Gasteiger partial charge in [0.2, 0.25) is 5.91 Å². The number of hydrogen-bond acceptors (Lipinski definition) is 6. The van der Waals surface area contributed by atoms with E-state index in [0.717, 1.165) is 48.0 Å². The minimum atomic E-state index is 0.0552. The third-order valence-corrected chi connectivity index (χ3v) is 5.23. The molecule has 24 heavy (non-hydrogen) atoms. The van der Waals surface area contributed by atoms with E-state index >= 15 is 0 Å². The van der Waals surface area contributed by atoms with Gasteiger partial charge in [-0.05, 0) is 25.5 Å². The van der Waals surface area contributed by atoms with Gasteiger partial charge in [0.05, 0.1) is 17.5 Å². The summed E-state index contributed by atoms with van der Waals surface area (Å²) in [4.78, 5) is 18.8. The number of carbonyl (C=O) groups is 1. The Bertz CT molecular complexity index is 670. The highest BCUT2D eigenvalue weighted by atomic mass is 32.2. The summed E-state index contributed by atoms with van der Waals surface area (Å²) in [6, 6.07) is 4.00. The molecule has 1 aliphatic rings. The van der Waals surface area contributed by atoms with Crippen LogP contribution in [0.5, 0.6) is 0 Å². The highest BCUT2D eigenvalue weighted by Gasteiger charge is 2.27. The van der Waals surface area contributed by atoms with Crippen molar-refractivity contribution in [3.05, 3.63) is 47.1 Å². The van der Waals surface area contributed by atoms with Gasteiger partial charge in [0, 0.05) is 43.3 Å². The Hall–Kier alpha value is -1.86. The van der Waals surface area contributed by atoms with Gasteiger partial charge < -0.3 is 14.7 Å². The summed E-state index contributed by atoms with van der Waals surface area (Å²) in [6.45, 7) is 6.17. The van der Waals surface area contributed by atoms with Gasteiger partial charge in [-0.1, -0.05) is 11.2 Å². The fraction of sp³-hybridized carbons (Fsp3) is 0.471. The SMILES string of the molecule is Cc1noc(C)c1CSCC(=O)N1CCNCC1c1cccnc1. The van der Waals surface area contributed by atoms with E-state index in [-0.39, 0.29) is 11.9 Å². The normalized spacial score (nSPS) is 17.9.